The minimum atomic E-state index is 0.233. The first-order chi connectivity index (χ1) is 8.74. The minimum absolute atomic E-state index is 0.233. The molecule has 1 heterocycles. The number of hydrogen-bond donors (Lipinski definition) is 1. The van der Waals surface area contributed by atoms with Crippen LogP contribution in [0.5, 0.6) is 5.75 Å². The van der Waals surface area contributed by atoms with Crippen molar-refractivity contribution < 1.29 is 9.47 Å². The van der Waals surface area contributed by atoms with Crippen LogP contribution >= 0.6 is 0 Å². The van der Waals surface area contributed by atoms with Crippen LogP contribution in [0.1, 0.15) is 25.8 Å². The molecule has 0 spiro atoms. The predicted octanol–water partition coefficient (Wildman–Crippen LogP) is 2.60. The molecule has 1 aromatic carbocycles. The molecule has 0 saturated carbocycles. The van der Waals surface area contributed by atoms with E-state index in [4.69, 9.17) is 9.47 Å². The standard InChI is InChI=1S/C15H23NO2/c1-12(2)18-15-5-3-13(4-6-15)9-16-10-14-7-8-17-11-14/h3-6,12,14,16H,7-11H2,1-2H3. The van der Waals surface area contributed by atoms with E-state index in [1.54, 1.807) is 0 Å². The number of benzene rings is 1. The Balaban J connectivity index is 1.72. The van der Waals surface area contributed by atoms with Crippen LogP contribution in [0.3, 0.4) is 0 Å². The highest BCUT2D eigenvalue weighted by Crippen LogP contribution is 2.14. The molecule has 18 heavy (non-hydrogen) atoms. The summed E-state index contributed by atoms with van der Waals surface area (Å²) < 4.78 is 11.0. The van der Waals surface area contributed by atoms with Crippen LogP contribution in [0.4, 0.5) is 0 Å². The molecule has 1 aromatic rings. The monoisotopic (exact) mass is 249 g/mol. The molecule has 0 amide bonds. The van der Waals surface area contributed by atoms with E-state index in [0.717, 1.165) is 32.1 Å². The molecule has 0 radical (unpaired) electrons. The number of rotatable bonds is 6. The van der Waals surface area contributed by atoms with Crippen LogP contribution in [-0.4, -0.2) is 25.9 Å². The maximum Gasteiger partial charge on any atom is 0.119 e. The molecule has 1 saturated heterocycles. The Bertz CT molecular complexity index is 342. The lowest BCUT2D eigenvalue weighted by molar-refractivity contribution is 0.185. The normalized spacial score (nSPS) is 19.4. The van der Waals surface area contributed by atoms with Crippen LogP contribution in [0.2, 0.25) is 0 Å². The first-order valence-electron chi connectivity index (χ1n) is 6.78. The van der Waals surface area contributed by atoms with Gasteiger partial charge in [0, 0.05) is 19.7 Å². The Morgan fingerprint density at radius 2 is 2.11 bits per heavy atom. The van der Waals surface area contributed by atoms with E-state index in [-0.39, 0.29) is 6.10 Å². The lowest BCUT2D eigenvalue weighted by atomic mass is 10.1. The highest BCUT2D eigenvalue weighted by atomic mass is 16.5. The van der Waals surface area contributed by atoms with Gasteiger partial charge in [-0.25, -0.2) is 0 Å². The zero-order chi connectivity index (χ0) is 12.8. The second-order valence-electron chi connectivity index (χ2n) is 5.17. The van der Waals surface area contributed by atoms with E-state index in [2.05, 4.69) is 17.4 Å². The smallest absolute Gasteiger partial charge is 0.119 e. The van der Waals surface area contributed by atoms with Crippen molar-refractivity contribution in [2.75, 3.05) is 19.8 Å². The first kappa shape index (κ1) is 13.4. The Morgan fingerprint density at radius 1 is 1.33 bits per heavy atom. The molecule has 3 heteroatoms. The Morgan fingerprint density at radius 3 is 2.72 bits per heavy atom. The third kappa shape index (κ3) is 4.31. The molecule has 1 atom stereocenters. The number of nitrogens with one attached hydrogen (secondary N) is 1. The molecule has 0 bridgehead atoms. The van der Waals surface area contributed by atoms with Gasteiger partial charge >= 0.3 is 0 Å². The molecule has 1 unspecified atom stereocenters. The quantitative estimate of drug-likeness (QED) is 0.840. The summed E-state index contributed by atoms with van der Waals surface area (Å²) in [5.74, 6) is 1.63. The van der Waals surface area contributed by atoms with E-state index >= 15 is 0 Å². The maximum atomic E-state index is 5.62. The van der Waals surface area contributed by atoms with Crippen LogP contribution in [0, 0.1) is 5.92 Å². The first-order valence-corrected chi connectivity index (χ1v) is 6.78. The third-order valence-electron chi connectivity index (χ3n) is 3.08. The van der Waals surface area contributed by atoms with Crippen molar-refractivity contribution >= 4 is 0 Å². The fraction of sp³-hybridized carbons (Fsp3) is 0.600. The third-order valence-corrected chi connectivity index (χ3v) is 3.08. The van der Waals surface area contributed by atoms with Gasteiger partial charge in [-0.15, -0.1) is 0 Å². The van der Waals surface area contributed by atoms with Gasteiger partial charge in [0.05, 0.1) is 12.7 Å². The molecule has 3 nitrogen and oxygen atoms in total. The highest BCUT2D eigenvalue weighted by molar-refractivity contribution is 5.27. The second-order valence-corrected chi connectivity index (χ2v) is 5.17. The lowest BCUT2D eigenvalue weighted by Crippen LogP contribution is -2.22. The summed E-state index contributed by atoms with van der Waals surface area (Å²) in [7, 11) is 0. The van der Waals surface area contributed by atoms with Gasteiger partial charge in [0.1, 0.15) is 5.75 Å². The molecule has 1 N–H and O–H groups in total. The van der Waals surface area contributed by atoms with Crippen molar-refractivity contribution in [1.82, 2.24) is 5.32 Å². The fourth-order valence-corrected chi connectivity index (χ4v) is 2.12. The summed E-state index contributed by atoms with van der Waals surface area (Å²) in [5.41, 5.74) is 1.30. The van der Waals surface area contributed by atoms with Crippen molar-refractivity contribution in [1.29, 1.82) is 0 Å². The molecule has 100 valence electrons. The van der Waals surface area contributed by atoms with Gasteiger partial charge in [-0.05, 0) is 43.9 Å². The second kappa shape index (κ2) is 6.76. The average Bonchev–Trinajstić information content (AvgIpc) is 2.84. The van der Waals surface area contributed by atoms with Gasteiger partial charge in [0.25, 0.3) is 0 Å². The lowest BCUT2D eigenvalue weighted by Gasteiger charge is -2.11. The molecule has 1 aliphatic heterocycles. The molecule has 0 aromatic heterocycles. The van der Waals surface area contributed by atoms with Crippen molar-refractivity contribution in [3.63, 3.8) is 0 Å². The minimum Gasteiger partial charge on any atom is -0.491 e. The summed E-state index contributed by atoms with van der Waals surface area (Å²) in [5, 5.41) is 3.48. The Labute approximate surface area is 109 Å². The van der Waals surface area contributed by atoms with E-state index in [1.807, 2.05) is 26.0 Å². The molecule has 1 fully saturated rings. The molecule has 1 aliphatic rings. The van der Waals surface area contributed by atoms with E-state index in [1.165, 1.54) is 12.0 Å². The summed E-state index contributed by atoms with van der Waals surface area (Å²) in [6.45, 7) is 7.88. The van der Waals surface area contributed by atoms with Crippen molar-refractivity contribution in [3.8, 4) is 5.75 Å². The van der Waals surface area contributed by atoms with Crippen molar-refractivity contribution in [2.24, 2.45) is 5.92 Å². The molecule has 0 aliphatic carbocycles. The van der Waals surface area contributed by atoms with Crippen LogP contribution in [0.25, 0.3) is 0 Å². The van der Waals surface area contributed by atoms with Gasteiger partial charge in [-0.2, -0.15) is 0 Å². The van der Waals surface area contributed by atoms with Gasteiger partial charge in [-0.1, -0.05) is 12.1 Å². The summed E-state index contributed by atoms with van der Waals surface area (Å²) >= 11 is 0. The topological polar surface area (TPSA) is 30.5 Å². The average molecular weight is 249 g/mol. The summed E-state index contributed by atoms with van der Waals surface area (Å²) in [6, 6.07) is 8.32. The highest BCUT2D eigenvalue weighted by Gasteiger charge is 2.14. The number of hydrogen-bond acceptors (Lipinski definition) is 3. The van der Waals surface area contributed by atoms with Gasteiger partial charge in [-0.3, -0.25) is 0 Å². The number of ether oxygens (including phenoxy) is 2. The molecular weight excluding hydrogens is 226 g/mol. The van der Waals surface area contributed by atoms with Crippen molar-refractivity contribution in [2.45, 2.75) is 32.9 Å². The van der Waals surface area contributed by atoms with E-state index < -0.39 is 0 Å². The maximum absolute atomic E-state index is 5.62. The molecular formula is C15H23NO2. The van der Waals surface area contributed by atoms with Crippen LogP contribution < -0.4 is 10.1 Å². The Kier molecular flexibility index (Phi) is 5.02. The largest absolute Gasteiger partial charge is 0.491 e. The SMILES string of the molecule is CC(C)Oc1ccc(CNCC2CCOC2)cc1. The zero-order valence-corrected chi connectivity index (χ0v) is 11.3. The fourth-order valence-electron chi connectivity index (χ4n) is 2.12. The van der Waals surface area contributed by atoms with Crippen LogP contribution in [-0.2, 0) is 11.3 Å². The van der Waals surface area contributed by atoms with Gasteiger partial charge < -0.3 is 14.8 Å². The van der Waals surface area contributed by atoms with Gasteiger partial charge in [0.15, 0.2) is 0 Å². The Hall–Kier alpha value is -1.06. The van der Waals surface area contributed by atoms with E-state index in [0.29, 0.717) is 5.92 Å². The van der Waals surface area contributed by atoms with Crippen molar-refractivity contribution in [3.05, 3.63) is 29.8 Å². The summed E-state index contributed by atoms with van der Waals surface area (Å²) in [4.78, 5) is 0. The molecule has 2 rings (SSSR count). The zero-order valence-electron chi connectivity index (χ0n) is 11.3. The van der Waals surface area contributed by atoms with E-state index in [9.17, 15) is 0 Å². The summed E-state index contributed by atoms with van der Waals surface area (Å²) in [6.07, 6.45) is 1.42. The predicted molar refractivity (Wildman–Crippen MR) is 72.8 cm³/mol. The van der Waals surface area contributed by atoms with Gasteiger partial charge in [0.2, 0.25) is 0 Å². The van der Waals surface area contributed by atoms with Crippen LogP contribution in [0.15, 0.2) is 24.3 Å².